The maximum Gasteiger partial charge on any atom is 0.387 e. The number of cyclic esters (lactones) is 2. The van der Waals surface area contributed by atoms with Crippen molar-refractivity contribution in [1.29, 1.82) is 0 Å². The van der Waals surface area contributed by atoms with Gasteiger partial charge < -0.3 is 19.5 Å². The highest BCUT2D eigenvalue weighted by molar-refractivity contribution is 9.10. The molecule has 24 heavy (non-hydrogen) atoms. The molecule has 0 saturated carbocycles. The first kappa shape index (κ1) is 18.1. The molecule has 1 N–H and O–H groups in total. The third kappa shape index (κ3) is 4.19. The lowest BCUT2D eigenvalue weighted by Gasteiger charge is -2.29. The molecule has 0 amide bonds. The number of benzene rings is 1. The zero-order chi connectivity index (χ0) is 18.1. The van der Waals surface area contributed by atoms with E-state index in [1.165, 1.54) is 13.8 Å². The summed E-state index contributed by atoms with van der Waals surface area (Å²) in [5.74, 6) is -4.63. The first-order valence-electron chi connectivity index (χ1n) is 6.46. The van der Waals surface area contributed by atoms with Crippen molar-refractivity contribution in [2.75, 3.05) is 5.32 Å². The molecule has 1 aliphatic heterocycles. The van der Waals surface area contributed by atoms with E-state index in [4.69, 9.17) is 9.47 Å². The van der Waals surface area contributed by atoms with Crippen LogP contribution >= 0.6 is 15.9 Å². The third-order valence-electron chi connectivity index (χ3n) is 2.73. The fourth-order valence-electron chi connectivity index (χ4n) is 1.75. The van der Waals surface area contributed by atoms with Gasteiger partial charge in [0.05, 0.1) is 10.2 Å². The quantitative estimate of drug-likeness (QED) is 0.467. The topological polar surface area (TPSA) is 73.9 Å². The second-order valence-electron chi connectivity index (χ2n) is 5.02. The zero-order valence-electron chi connectivity index (χ0n) is 12.4. The number of nitrogens with one attached hydrogen (secondary N) is 1. The number of ether oxygens (including phenoxy) is 3. The fourth-order valence-corrected chi connectivity index (χ4v) is 2.19. The molecular formula is C14H11BrF3NO5. The van der Waals surface area contributed by atoms with Gasteiger partial charge in [0.15, 0.2) is 5.57 Å². The van der Waals surface area contributed by atoms with E-state index in [-0.39, 0.29) is 10.2 Å². The van der Waals surface area contributed by atoms with Gasteiger partial charge in [-0.1, -0.05) is 0 Å². The van der Waals surface area contributed by atoms with Crippen molar-refractivity contribution in [2.24, 2.45) is 0 Å². The molecule has 130 valence electrons. The van der Waals surface area contributed by atoms with Gasteiger partial charge in [0.1, 0.15) is 11.6 Å². The lowest BCUT2D eigenvalue weighted by Crippen LogP contribution is -2.42. The zero-order valence-corrected chi connectivity index (χ0v) is 13.9. The molecule has 0 radical (unpaired) electrons. The van der Waals surface area contributed by atoms with Crippen molar-refractivity contribution in [3.8, 4) is 5.75 Å². The van der Waals surface area contributed by atoms with E-state index in [1.54, 1.807) is 0 Å². The summed E-state index contributed by atoms with van der Waals surface area (Å²) in [4.78, 5) is 23.5. The van der Waals surface area contributed by atoms with Crippen molar-refractivity contribution >= 4 is 33.6 Å². The number of rotatable bonds is 4. The van der Waals surface area contributed by atoms with Crippen LogP contribution in [-0.2, 0) is 19.1 Å². The Kier molecular flexibility index (Phi) is 5.07. The lowest BCUT2D eigenvalue weighted by molar-refractivity contribution is -0.222. The minimum atomic E-state index is -3.11. The van der Waals surface area contributed by atoms with E-state index in [2.05, 4.69) is 26.0 Å². The predicted molar refractivity (Wildman–Crippen MR) is 78.7 cm³/mol. The summed E-state index contributed by atoms with van der Waals surface area (Å²) in [5, 5.41) is 2.38. The molecule has 1 fully saturated rings. The molecule has 0 unspecified atom stereocenters. The second-order valence-corrected chi connectivity index (χ2v) is 5.88. The van der Waals surface area contributed by atoms with Crippen molar-refractivity contribution < 1.29 is 37.0 Å². The first-order valence-corrected chi connectivity index (χ1v) is 7.25. The molecule has 1 saturated heterocycles. The number of esters is 2. The Balaban J connectivity index is 2.21. The molecule has 2 rings (SSSR count). The molecule has 6 nitrogen and oxygen atoms in total. The van der Waals surface area contributed by atoms with Gasteiger partial charge in [-0.25, -0.2) is 14.0 Å². The maximum atomic E-state index is 13.9. The number of anilines is 1. The van der Waals surface area contributed by atoms with E-state index in [0.717, 1.165) is 18.3 Å². The SMILES string of the molecule is CC1(C)OC(=O)C(=CNc2cc(Br)c(OC(F)F)cc2F)C(=O)O1. The van der Waals surface area contributed by atoms with Gasteiger partial charge in [0, 0.05) is 26.1 Å². The van der Waals surface area contributed by atoms with E-state index in [0.29, 0.717) is 0 Å². The maximum absolute atomic E-state index is 13.9. The van der Waals surface area contributed by atoms with Crippen LogP contribution in [0.2, 0.25) is 0 Å². The number of carbonyl (C=O) groups is 2. The normalized spacial score (nSPS) is 16.5. The molecule has 1 aromatic carbocycles. The summed E-state index contributed by atoms with van der Waals surface area (Å²) in [5.41, 5.74) is -0.667. The van der Waals surface area contributed by atoms with E-state index < -0.39 is 41.5 Å². The molecular weight excluding hydrogens is 399 g/mol. The minimum absolute atomic E-state index is 0.0417. The monoisotopic (exact) mass is 409 g/mol. The highest BCUT2D eigenvalue weighted by Gasteiger charge is 2.39. The van der Waals surface area contributed by atoms with Gasteiger partial charge in [0.25, 0.3) is 5.79 Å². The fraction of sp³-hybridized carbons (Fsp3) is 0.286. The smallest absolute Gasteiger partial charge is 0.387 e. The van der Waals surface area contributed by atoms with Gasteiger partial charge >= 0.3 is 18.6 Å². The Hall–Kier alpha value is -2.23. The van der Waals surface area contributed by atoms with Crippen LogP contribution in [-0.4, -0.2) is 24.3 Å². The lowest BCUT2D eigenvalue weighted by atomic mass is 10.2. The summed E-state index contributed by atoms with van der Waals surface area (Å²) in [6, 6.07) is 1.82. The largest absolute Gasteiger partial charge is 0.434 e. The molecule has 0 aromatic heterocycles. The standard InChI is InChI=1S/C14H11BrF3NO5/c1-14(2)23-11(20)6(12(21)24-14)5-19-9-3-7(15)10(4-8(9)16)22-13(17)18/h3-5,13,19H,1-2H3. The van der Waals surface area contributed by atoms with Gasteiger partial charge in [0.2, 0.25) is 0 Å². The van der Waals surface area contributed by atoms with Gasteiger partial charge in [-0.3, -0.25) is 0 Å². The van der Waals surface area contributed by atoms with Crippen molar-refractivity contribution in [2.45, 2.75) is 26.2 Å². The van der Waals surface area contributed by atoms with Gasteiger partial charge in [-0.2, -0.15) is 8.78 Å². The van der Waals surface area contributed by atoms with Crippen molar-refractivity contribution in [1.82, 2.24) is 0 Å². The van der Waals surface area contributed by atoms with E-state index >= 15 is 0 Å². The van der Waals surface area contributed by atoms with Crippen LogP contribution in [0.4, 0.5) is 18.9 Å². The van der Waals surface area contributed by atoms with Crippen LogP contribution in [0.3, 0.4) is 0 Å². The Morgan fingerprint density at radius 1 is 1.25 bits per heavy atom. The minimum Gasteiger partial charge on any atom is -0.434 e. The van der Waals surface area contributed by atoms with E-state index in [9.17, 15) is 22.8 Å². The molecule has 0 bridgehead atoms. The average Bonchev–Trinajstić information content (AvgIpc) is 2.40. The van der Waals surface area contributed by atoms with Crippen LogP contribution in [0.25, 0.3) is 0 Å². The van der Waals surface area contributed by atoms with Crippen LogP contribution in [0.5, 0.6) is 5.75 Å². The second kappa shape index (κ2) is 6.71. The van der Waals surface area contributed by atoms with Crippen LogP contribution in [0.15, 0.2) is 28.4 Å². The van der Waals surface area contributed by atoms with Crippen molar-refractivity contribution in [3.05, 3.63) is 34.2 Å². The number of hydrogen-bond donors (Lipinski definition) is 1. The highest BCUT2D eigenvalue weighted by atomic mass is 79.9. The molecule has 0 aliphatic carbocycles. The summed E-state index contributed by atoms with van der Waals surface area (Å²) in [6.45, 7) is -0.353. The first-order chi connectivity index (χ1) is 11.1. The Morgan fingerprint density at radius 2 is 1.83 bits per heavy atom. The van der Waals surface area contributed by atoms with Gasteiger partial charge in [-0.05, 0) is 22.0 Å². The summed E-state index contributed by atoms with van der Waals surface area (Å²) < 4.78 is 52.1. The summed E-state index contributed by atoms with van der Waals surface area (Å²) >= 11 is 2.95. The van der Waals surface area contributed by atoms with Crippen LogP contribution < -0.4 is 10.1 Å². The Bertz CT molecular complexity index is 699. The summed E-state index contributed by atoms with van der Waals surface area (Å²) in [6.07, 6.45) is 0.901. The van der Waals surface area contributed by atoms with Crippen LogP contribution in [0.1, 0.15) is 13.8 Å². The Morgan fingerprint density at radius 3 is 2.38 bits per heavy atom. The molecule has 0 atom stereocenters. The van der Waals surface area contributed by atoms with E-state index in [1.807, 2.05) is 0 Å². The number of halogens is 4. The molecule has 10 heteroatoms. The molecule has 1 aromatic rings. The molecule has 1 heterocycles. The predicted octanol–water partition coefficient (Wildman–Crippen LogP) is 3.32. The molecule has 1 aliphatic rings. The number of hydrogen-bond acceptors (Lipinski definition) is 6. The third-order valence-corrected chi connectivity index (χ3v) is 3.35. The van der Waals surface area contributed by atoms with Gasteiger partial charge in [-0.15, -0.1) is 0 Å². The number of carbonyl (C=O) groups excluding carboxylic acids is 2. The van der Waals surface area contributed by atoms with Crippen LogP contribution in [0, 0.1) is 5.82 Å². The Labute approximate surface area is 142 Å². The number of alkyl halides is 2. The highest BCUT2D eigenvalue weighted by Crippen LogP contribution is 2.32. The van der Waals surface area contributed by atoms with Crippen molar-refractivity contribution in [3.63, 3.8) is 0 Å². The average molecular weight is 410 g/mol. The molecule has 0 spiro atoms. The summed E-state index contributed by atoms with van der Waals surface area (Å²) in [7, 11) is 0.